The molecule has 0 unspecified atom stereocenters. The van der Waals surface area contributed by atoms with Crippen molar-refractivity contribution in [3.05, 3.63) is 83.4 Å². The molecular formula is C26H26F3N3O2. The lowest BCUT2D eigenvalue weighted by atomic mass is 9.92. The zero-order valence-electron chi connectivity index (χ0n) is 18.6. The molecule has 2 N–H and O–H groups in total. The highest BCUT2D eigenvalue weighted by atomic mass is 19.4. The number of pyridine rings is 2. The van der Waals surface area contributed by atoms with Crippen molar-refractivity contribution in [1.82, 2.24) is 15.3 Å². The highest BCUT2D eigenvalue weighted by molar-refractivity contribution is 5.95. The number of halogens is 3. The largest absolute Gasteiger partial charge is 0.416 e. The molecule has 2 aromatic heterocycles. The Morgan fingerprint density at radius 2 is 1.79 bits per heavy atom. The number of aryl methyl sites for hydroxylation is 2. The molecule has 1 amide bonds. The van der Waals surface area contributed by atoms with Crippen LogP contribution < -0.4 is 5.32 Å². The predicted molar refractivity (Wildman–Crippen MR) is 122 cm³/mol. The molecule has 8 heteroatoms. The molecule has 0 spiro atoms. The Kier molecular flexibility index (Phi) is 7.26. The molecule has 1 fully saturated rings. The van der Waals surface area contributed by atoms with Crippen molar-refractivity contribution in [2.75, 3.05) is 0 Å². The Hall–Kier alpha value is -3.26. The number of benzene rings is 1. The minimum absolute atomic E-state index is 0.300. The number of carbonyl (C=O) groups excluding carboxylic acids is 1. The van der Waals surface area contributed by atoms with E-state index in [1.54, 1.807) is 12.3 Å². The molecule has 178 valence electrons. The Morgan fingerprint density at radius 3 is 2.47 bits per heavy atom. The van der Waals surface area contributed by atoms with Crippen LogP contribution in [0.4, 0.5) is 13.2 Å². The Balaban J connectivity index is 1.62. The van der Waals surface area contributed by atoms with Gasteiger partial charge in [0.05, 0.1) is 23.3 Å². The third kappa shape index (κ3) is 5.80. The van der Waals surface area contributed by atoms with E-state index in [9.17, 15) is 23.1 Å². The van der Waals surface area contributed by atoms with Gasteiger partial charge in [0.25, 0.3) is 5.91 Å². The van der Waals surface area contributed by atoms with Gasteiger partial charge in [0.1, 0.15) is 0 Å². The first-order valence-corrected chi connectivity index (χ1v) is 11.4. The normalized spacial score (nSPS) is 18.5. The molecule has 3 aromatic rings. The van der Waals surface area contributed by atoms with Crippen LogP contribution in [-0.4, -0.2) is 33.1 Å². The van der Waals surface area contributed by atoms with Gasteiger partial charge in [-0.2, -0.15) is 13.2 Å². The lowest BCUT2D eigenvalue weighted by Crippen LogP contribution is -2.45. The molecule has 1 aromatic carbocycles. The van der Waals surface area contributed by atoms with Gasteiger partial charge in [-0.15, -0.1) is 0 Å². The first-order chi connectivity index (χ1) is 16.3. The Labute approximate surface area is 196 Å². The van der Waals surface area contributed by atoms with Gasteiger partial charge in [-0.1, -0.05) is 31.0 Å². The number of amides is 1. The number of alkyl halides is 3. The predicted octanol–water partition coefficient (Wildman–Crippen LogP) is 4.98. The van der Waals surface area contributed by atoms with Crippen LogP contribution in [0.25, 0.3) is 11.1 Å². The van der Waals surface area contributed by atoms with E-state index in [0.29, 0.717) is 48.1 Å². The topological polar surface area (TPSA) is 75.1 Å². The van der Waals surface area contributed by atoms with Crippen LogP contribution in [0.5, 0.6) is 0 Å². The monoisotopic (exact) mass is 469 g/mol. The fourth-order valence-corrected chi connectivity index (χ4v) is 4.23. The quantitative estimate of drug-likeness (QED) is 0.534. The van der Waals surface area contributed by atoms with E-state index in [2.05, 4.69) is 15.3 Å². The smallest absolute Gasteiger partial charge is 0.391 e. The molecule has 1 saturated carbocycles. The summed E-state index contributed by atoms with van der Waals surface area (Å²) in [5.41, 5.74) is 2.24. The summed E-state index contributed by atoms with van der Waals surface area (Å²) in [4.78, 5) is 21.7. The van der Waals surface area contributed by atoms with E-state index in [-0.39, 0.29) is 11.9 Å². The van der Waals surface area contributed by atoms with Crippen molar-refractivity contribution >= 4 is 5.91 Å². The minimum atomic E-state index is -4.43. The third-order valence-corrected chi connectivity index (χ3v) is 6.15. The standard InChI is InChI=1S/C26H26F3N3O2/c27-26(28,29)19-10-8-17(9-11-19)21-15-18(25(34)32-23-6-1-2-7-24(23)33)16-31-22(21)13-12-20-5-3-4-14-30-20/h3-5,8-11,14-16,23-24,33H,1-2,6-7,12-13H2,(H,32,34)/t23-,24-/m1/s1. The lowest BCUT2D eigenvalue weighted by molar-refractivity contribution is -0.137. The summed E-state index contributed by atoms with van der Waals surface area (Å²) in [6.07, 6.45) is 2.48. The molecule has 1 aliphatic carbocycles. The lowest BCUT2D eigenvalue weighted by Gasteiger charge is -2.28. The second-order valence-electron chi connectivity index (χ2n) is 8.55. The van der Waals surface area contributed by atoms with E-state index in [4.69, 9.17) is 0 Å². The van der Waals surface area contributed by atoms with Crippen LogP contribution >= 0.6 is 0 Å². The summed E-state index contributed by atoms with van der Waals surface area (Å²) in [6.45, 7) is 0. The average Bonchev–Trinajstić information content (AvgIpc) is 2.84. The van der Waals surface area contributed by atoms with Crippen molar-refractivity contribution in [3.63, 3.8) is 0 Å². The van der Waals surface area contributed by atoms with E-state index in [1.165, 1.54) is 18.3 Å². The summed E-state index contributed by atoms with van der Waals surface area (Å²) < 4.78 is 39.1. The van der Waals surface area contributed by atoms with Crippen LogP contribution in [0.1, 0.15) is 53.0 Å². The summed E-state index contributed by atoms with van der Waals surface area (Å²) in [5.74, 6) is -0.358. The number of aliphatic hydroxyl groups excluding tert-OH is 1. The van der Waals surface area contributed by atoms with Crippen molar-refractivity contribution in [3.8, 4) is 11.1 Å². The zero-order chi connectivity index (χ0) is 24.1. The molecule has 5 nitrogen and oxygen atoms in total. The molecule has 0 bridgehead atoms. The fourth-order valence-electron chi connectivity index (χ4n) is 4.23. The molecule has 4 rings (SSSR count). The minimum Gasteiger partial charge on any atom is -0.391 e. The summed E-state index contributed by atoms with van der Waals surface area (Å²) >= 11 is 0. The third-order valence-electron chi connectivity index (χ3n) is 6.15. The van der Waals surface area contributed by atoms with Gasteiger partial charge >= 0.3 is 6.18 Å². The van der Waals surface area contributed by atoms with E-state index >= 15 is 0 Å². The molecule has 2 heterocycles. The molecule has 0 aliphatic heterocycles. The van der Waals surface area contributed by atoms with Gasteiger partial charge in [-0.25, -0.2) is 0 Å². The van der Waals surface area contributed by atoms with Crippen LogP contribution in [-0.2, 0) is 19.0 Å². The molecule has 1 aliphatic rings. The summed E-state index contributed by atoms with van der Waals surface area (Å²) in [5, 5.41) is 13.1. The summed E-state index contributed by atoms with van der Waals surface area (Å²) in [7, 11) is 0. The molecule has 34 heavy (non-hydrogen) atoms. The first-order valence-electron chi connectivity index (χ1n) is 11.4. The van der Waals surface area contributed by atoms with E-state index < -0.39 is 17.8 Å². The highest BCUT2D eigenvalue weighted by Crippen LogP contribution is 2.32. The SMILES string of the molecule is O=C(N[C@@H]1CCCC[C@H]1O)c1cnc(CCc2ccccn2)c(-c2ccc(C(F)(F)F)cc2)c1. The van der Waals surface area contributed by atoms with Crippen LogP contribution in [0, 0.1) is 0 Å². The number of carbonyl (C=O) groups is 1. The maximum absolute atomic E-state index is 13.0. The van der Waals surface area contributed by atoms with Crippen molar-refractivity contribution < 1.29 is 23.1 Å². The summed E-state index contributed by atoms with van der Waals surface area (Å²) in [6, 6.07) is 11.8. The molecule has 0 saturated heterocycles. The zero-order valence-corrected chi connectivity index (χ0v) is 18.6. The van der Waals surface area contributed by atoms with Crippen LogP contribution in [0.3, 0.4) is 0 Å². The van der Waals surface area contributed by atoms with Gasteiger partial charge in [-0.3, -0.25) is 14.8 Å². The van der Waals surface area contributed by atoms with Crippen molar-refractivity contribution in [2.45, 2.75) is 56.8 Å². The molecule has 2 atom stereocenters. The van der Waals surface area contributed by atoms with Crippen molar-refractivity contribution in [1.29, 1.82) is 0 Å². The van der Waals surface area contributed by atoms with Gasteiger partial charge < -0.3 is 10.4 Å². The number of hydrogen-bond acceptors (Lipinski definition) is 4. The van der Waals surface area contributed by atoms with Gasteiger partial charge in [0.15, 0.2) is 0 Å². The number of nitrogens with one attached hydrogen (secondary N) is 1. The first kappa shape index (κ1) is 23.9. The van der Waals surface area contributed by atoms with Gasteiger partial charge in [0, 0.05) is 29.3 Å². The number of nitrogens with zero attached hydrogens (tertiary/aromatic N) is 2. The van der Waals surface area contributed by atoms with Gasteiger partial charge in [-0.05, 0) is 61.6 Å². The molecular weight excluding hydrogens is 443 g/mol. The van der Waals surface area contributed by atoms with E-state index in [0.717, 1.165) is 30.7 Å². The number of rotatable bonds is 6. The number of aromatic nitrogens is 2. The average molecular weight is 470 g/mol. The maximum atomic E-state index is 13.0. The fraction of sp³-hybridized carbons (Fsp3) is 0.346. The van der Waals surface area contributed by atoms with Crippen LogP contribution in [0.15, 0.2) is 60.9 Å². The second kappa shape index (κ2) is 10.3. The second-order valence-corrected chi connectivity index (χ2v) is 8.55. The van der Waals surface area contributed by atoms with Crippen LogP contribution in [0.2, 0.25) is 0 Å². The number of aliphatic hydroxyl groups is 1. The maximum Gasteiger partial charge on any atom is 0.416 e. The number of hydrogen-bond donors (Lipinski definition) is 2. The van der Waals surface area contributed by atoms with Crippen molar-refractivity contribution in [2.24, 2.45) is 0 Å². The Morgan fingerprint density at radius 1 is 1.03 bits per heavy atom. The Bertz CT molecular complexity index is 1120. The van der Waals surface area contributed by atoms with Gasteiger partial charge in [0.2, 0.25) is 0 Å². The molecule has 0 radical (unpaired) electrons. The van der Waals surface area contributed by atoms with E-state index in [1.807, 2.05) is 18.2 Å². The highest BCUT2D eigenvalue weighted by Gasteiger charge is 2.30.